The third-order valence-corrected chi connectivity index (χ3v) is 2.98. The van der Waals surface area contributed by atoms with E-state index in [-0.39, 0.29) is 5.91 Å². The molecule has 4 heteroatoms. The second-order valence-corrected chi connectivity index (χ2v) is 4.43. The molecule has 0 atom stereocenters. The van der Waals surface area contributed by atoms with Crippen molar-refractivity contribution in [1.29, 1.82) is 0 Å². The molecule has 1 N–H and O–H groups in total. The largest absolute Gasteiger partial charge is 0.481 e. The predicted molar refractivity (Wildman–Crippen MR) is 77.9 cm³/mol. The molecule has 2 aromatic rings. The van der Waals surface area contributed by atoms with E-state index in [1.807, 2.05) is 18.2 Å². The zero-order valence-electron chi connectivity index (χ0n) is 11.5. The van der Waals surface area contributed by atoms with E-state index in [1.165, 1.54) is 11.8 Å². The summed E-state index contributed by atoms with van der Waals surface area (Å²) >= 11 is 0. The van der Waals surface area contributed by atoms with Gasteiger partial charge in [-0.2, -0.15) is 0 Å². The quantitative estimate of drug-likeness (QED) is 0.820. The molecule has 0 aliphatic carbocycles. The monoisotopic (exact) mass is 270 g/mol. The Morgan fingerprint density at radius 3 is 2.65 bits per heavy atom. The average molecular weight is 270 g/mol. The van der Waals surface area contributed by atoms with Crippen LogP contribution >= 0.6 is 0 Å². The van der Waals surface area contributed by atoms with E-state index in [2.05, 4.69) is 22.4 Å². The van der Waals surface area contributed by atoms with Gasteiger partial charge in [0.25, 0.3) is 5.91 Å². The molecule has 104 valence electrons. The molecule has 0 unspecified atom stereocenters. The van der Waals surface area contributed by atoms with Gasteiger partial charge in [0, 0.05) is 18.8 Å². The fraction of sp³-hybridized carbons (Fsp3) is 0.250. The van der Waals surface area contributed by atoms with E-state index in [9.17, 15) is 4.79 Å². The lowest BCUT2D eigenvalue weighted by Gasteiger charge is -2.06. The molecule has 0 saturated carbocycles. The highest BCUT2D eigenvalue weighted by atomic mass is 16.5. The Morgan fingerprint density at radius 1 is 1.20 bits per heavy atom. The van der Waals surface area contributed by atoms with Crippen molar-refractivity contribution in [1.82, 2.24) is 10.3 Å². The molecule has 0 saturated heterocycles. The standard InChI is InChI=1S/C16H18N2O2/c1-20-15-10-9-14(12-18-15)16(19)17-11-5-8-13-6-3-2-4-7-13/h2-4,6-7,9-10,12H,5,8,11H2,1H3,(H,17,19). The number of hydrogen-bond donors (Lipinski definition) is 1. The molecule has 1 heterocycles. The lowest BCUT2D eigenvalue weighted by molar-refractivity contribution is 0.0953. The first-order valence-corrected chi connectivity index (χ1v) is 6.62. The number of aryl methyl sites for hydroxylation is 1. The Hall–Kier alpha value is -2.36. The van der Waals surface area contributed by atoms with Crippen LogP contribution in [0.15, 0.2) is 48.7 Å². The summed E-state index contributed by atoms with van der Waals surface area (Å²) in [5.41, 5.74) is 1.83. The zero-order chi connectivity index (χ0) is 14.2. The zero-order valence-corrected chi connectivity index (χ0v) is 11.5. The molecular formula is C16H18N2O2. The molecular weight excluding hydrogens is 252 g/mol. The number of nitrogens with zero attached hydrogens (tertiary/aromatic N) is 1. The number of pyridine rings is 1. The Kier molecular flexibility index (Phi) is 5.12. The number of nitrogens with one attached hydrogen (secondary N) is 1. The lowest BCUT2D eigenvalue weighted by atomic mass is 10.1. The van der Waals surface area contributed by atoms with Gasteiger partial charge in [0.2, 0.25) is 5.88 Å². The third kappa shape index (κ3) is 4.09. The van der Waals surface area contributed by atoms with E-state index in [4.69, 9.17) is 4.74 Å². The Morgan fingerprint density at radius 2 is 2.00 bits per heavy atom. The molecule has 0 aliphatic rings. The molecule has 1 aromatic carbocycles. The molecule has 2 rings (SSSR count). The van der Waals surface area contributed by atoms with Gasteiger partial charge in [-0.05, 0) is 24.5 Å². The van der Waals surface area contributed by atoms with Crippen LogP contribution in [0.3, 0.4) is 0 Å². The van der Waals surface area contributed by atoms with E-state index in [1.54, 1.807) is 19.2 Å². The molecule has 20 heavy (non-hydrogen) atoms. The van der Waals surface area contributed by atoms with Crippen LogP contribution in [0.25, 0.3) is 0 Å². The number of ether oxygens (including phenoxy) is 1. The Bertz CT molecular complexity index is 538. The van der Waals surface area contributed by atoms with E-state index in [0.29, 0.717) is 18.0 Å². The summed E-state index contributed by atoms with van der Waals surface area (Å²) in [7, 11) is 1.55. The number of benzene rings is 1. The van der Waals surface area contributed by atoms with Crippen molar-refractivity contribution in [2.75, 3.05) is 13.7 Å². The first-order valence-electron chi connectivity index (χ1n) is 6.62. The van der Waals surface area contributed by atoms with Crippen molar-refractivity contribution in [3.8, 4) is 5.88 Å². The SMILES string of the molecule is COc1ccc(C(=O)NCCCc2ccccc2)cn1. The third-order valence-electron chi connectivity index (χ3n) is 2.98. The molecule has 4 nitrogen and oxygen atoms in total. The highest BCUT2D eigenvalue weighted by Gasteiger charge is 2.05. The van der Waals surface area contributed by atoms with Crippen LogP contribution in [0.1, 0.15) is 22.3 Å². The summed E-state index contributed by atoms with van der Waals surface area (Å²) < 4.78 is 4.95. The first kappa shape index (κ1) is 14.1. The van der Waals surface area contributed by atoms with Crippen molar-refractivity contribution in [2.45, 2.75) is 12.8 Å². The number of carbonyl (C=O) groups is 1. The molecule has 0 fully saturated rings. The van der Waals surface area contributed by atoms with Gasteiger partial charge in [0.05, 0.1) is 12.7 Å². The fourth-order valence-corrected chi connectivity index (χ4v) is 1.88. The highest BCUT2D eigenvalue weighted by molar-refractivity contribution is 5.93. The smallest absolute Gasteiger partial charge is 0.252 e. The molecule has 0 radical (unpaired) electrons. The lowest BCUT2D eigenvalue weighted by Crippen LogP contribution is -2.24. The minimum Gasteiger partial charge on any atom is -0.481 e. The molecule has 0 spiro atoms. The number of hydrogen-bond acceptors (Lipinski definition) is 3. The summed E-state index contributed by atoms with van der Waals surface area (Å²) in [6.07, 6.45) is 3.40. The van der Waals surface area contributed by atoms with Crippen molar-refractivity contribution in [3.05, 3.63) is 59.8 Å². The van der Waals surface area contributed by atoms with Crippen LogP contribution in [0.5, 0.6) is 5.88 Å². The number of aromatic nitrogens is 1. The van der Waals surface area contributed by atoms with E-state index >= 15 is 0 Å². The number of carbonyl (C=O) groups excluding carboxylic acids is 1. The van der Waals surface area contributed by atoms with Gasteiger partial charge >= 0.3 is 0 Å². The summed E-state index contributed by atoms with van der Waals surface area (Å²) in [6, 6.07) is 13.6. The number of amides is 1. The maximum atomic E-state index is 11.9. The van der Waals surface area contributed by atoms with Crippen LogP contribution in [0.2, 0.25) is 0 Å². The fourth-order valence-electron chi connectivity index (χ4n) is 1.88. The number of methoxy groups -OCH3 is 1. The second-order valence-electron chi connectivity index (χ2n) is 4.43. The van der Waals surface area contributed by atoms with Gasteiger partial charge in [-0.15, -0.1) is 0 Å². The Labute approximate surface area is 118 Å². The van der Waals surface area contributed by atoms with Gasteiger partial charge in [-0.25, -0.2) is 4.98 Å². The van der Waals surface area contributed by atoms with Crippen molar-refractivity contribution < 1.29 is 9.53 Å². The second kappa shape index (κ2) is 7.28. The number of rotatable bonds is 6. The van der Waals surface area contributed by atoms with Crippen LogP contribution < -0.4 is 10.1 Å². The van der Waals surface area contributed by atoms with Gasteiger partial charge in [0.15, 0.2) is 0 Å². The van der Waals surface area contributed by atoms with Crippen LogP contribution in [0.4, 0.5) is 0 Å². The van der Waals surface area contributed by atoms with E-state index < -0.39 is 0 Å². The summed E-state index contributed by atoms with van der Waals surface area (Å²) in [5, 5.41) is 2.89. The molecule has 1 amide bonds. The van der Waals surface area contributed by atoms with Crippen molar-refractivity contribution in [2.24, 2.45) is 0 Å². The van der Waals surface area contributed by atoms with Crippen LogP contribution in [-0.2, 0) is 6.42 Å². The maximum Gasteiger partial charge on any atom is 0.252 e. The normalized spacial score (nSPS) is 10.1. The minimum atomic E-state index is -0.104. The van der Waals surface area contributed by atoms with Gasteiger partial charge in [-0.3, -0.25) is 4.79 Å². The highest BCUT2D eigenvalue weighted by Crippen LogP contribution is 2.06. The predicted octanol–water partition coefficient (Wildman–Crippen LogP) is 2.45. The molecule has 1 aromatic heterocycles. The van der Waals surface area contributed by atoms with Gasteiger partial charge < -0.3 is 10.1 Å². The summed E-state index contributed by atoms with van der Waals surface area (Å²) in [4.78, 5) is 15.9. The minimum absolute atomic E-state index is 0.104. The summed E-state index contributed by atoms with van der Waals surface area (Å²) in [5.74, 6) is 0.402. The first-order chi connectivity index (χ1) is 9.79. The van der Waals surface area contributed by atoms with E-state index in [0.717, 1.165) is 12.8 Å². The average Bonchev–Trinajstić information content (AvgIpc) is 2.52. The van der Waals surface area contributed by atoms with Crippen LogP contribution in [0, 0.1) is 0 Å². The molecule has 0 aliphatic heterocycles. The van der Waals surface area contributed by atoms with Gasteiger partial charge in [-0.1, -0.05) is 30.3 Å². The van der Waals surface area contributed by atoms with Crippen molar-refractivity contribution in [3.63, 3.8) is 0 Å². The summed E-state index contributed by atoms with van der Waals surface area (Å²) in [6.45, 7) is 0.653. The Balaban J connectivity index is 1.74. The topological polar surface area (TPSA) is 51.2 Å². The van der Waals surface area contributed by atoms with Gasteiger partial charge in [0.1, 0.15) is 0 Å². The maximum absolute atomic E-state index is 11.9. The van der Waals surface area contributed by atoms with Crippen molar-refractivity contribution >= 4 is 5.91 Å². The van der Waals surface area contributed by atoms with Crippen LogP contribution in [-0.4, -0.2) is 24.5 Å². The molecule has 0 bridgehead atoms.